The first-order valence-corrected chi connectivity index (χ1v) is 11.6. The van der Waals surface area contributed by atoms with E-state index in [4.69, 9.17) is 0 Å². The molecule has 29 heavy (non-hydrogen) atoms. The lowest BCUT2D eigenvalue weighted by atomic mass is 9.78. The Labute approximate surface area is 178 Å². The topological polar surface area (TPSA) is 0 Å². The van der Waals surface area contributed by atoms with Crippen molar-refractivity contribution < 1.29 is 0 Å². The van der Waals surface area contributed by atoms with Gasteiger partial charge in [0.05, 0.1) is 0 Å². The van der Waals surface area contributed by atoms with E-state index in [1.807, 2.05) is 0 Å². The molecule has 0 radical (unpaired) electrons. The summed E-state index contributed by atoms with van der Waals surface area (Å²) in [4.78, 5) is 0. The van der Waals surface area contributed by atoms with Crippen molar-refractivity contribution in [3.63, 3.8) is 0 Å². The van der Waals surface area contributed by atoms with Gasteiger partial charge in [-0.2, -0.15) is 0 Å². The van der Waals surface area contributed by atoms with Gasteiger partial charge in [0.15, 0.2) is 0 Å². The smallest absolute Gasteiger partial charge is 0.0249 e. The Balaban J connectivity index is 1.45. The predicted molar refractivity (Wildman–Crippen MR) is 126 cm³/mol. The van der Waals surface area contributed by atoms with Crippen molar-refractivity contribution >= 4 is 0 Å². The van der Waals surface area contributed by atoms with Crippen molar-refractivity contribution in [2.24, 2.45) is 5.92 Å². The third-order valence-electron chi connectivity index (χ3n) is 6.20. The summed E-state index contributed by atoms with van der Waals surface area (Å²) in [5.74, 6) is 7.94. The molecule has 0 spiro atoms. The summed E-state index contributed by atoms with van der Waals surface area (Å²) in [7, 11) is 0. The van der Waals surface area contributed by atoms with Crippen LogP contribution in [0.3, 0.4) is 0 Å². The van der Waals surface area contributed by atoms with Gasteiger partial charge in [0.2, 0.25) is 0 Å². The van der Waals surface area contributed by atoms with E-state index in [2.05, 4.69) is 86.4 Å². The number of rotatable bonds is 7. The maximum atomic E-state index is 3.27. The molecule has 0 atom stereocenters. The Hall–Kier alpha value is -2.26. The fourth-order valence-corrected chi connectivity index (χ4v) is 4.33. The Morgan fingerprint density at radius 1 is 0.793 bits per heavy atom. The molecule has 0 unspecified atom stereocenters. The minimum Gasteiger partial charge on any atom is -0.0730 e. The lowest BCUT2D eigenvalue weighted by molar-refractivity contribution is 0.376. The second kappa shape index (κ2) is 11.7. The predicted octanol–water partition coefficient (Wildman–Crippen LogP) is 7.86. The normalized spacial score (nSPS) is 19.1. The molecule has 0 aliphatic heterocycles. The molecule has 3 rings (SSSR count). The van der Waals surface area contributed by atoms with Gasteiger partial charge in [0, 0.05) is 5.56 Å². The number of benzene rings is 2. The van der Waals surface area contributed by atoms with Gasteiger partial charge < -0.3 is 0 Å². The van der Waals surface area contributed by atoms with Crippen LogP contribution in [0, 0.1) is 17.8 Å². The first kappa shape index (κ1) is 21.4. The zero-order valence-corrected chi connectivity index (χ0v) is 18.3. The first-order chi connectivity index (χ1) is 14.3. The second-order valence-corrected chi connectivity index (χ2v) is 8.53. The van der Waals surface area contributed by atoms with Crippen LogP contribution in [-0.2, 0) is 12.8 Å². The molecule has 0 heteroatoms. The van der Waals surface area contributed by atoms with Gasteiger partial charge in [-0.1, -0.05) is 81.0 Å². The van der Waals surface area contributed by atoms with Crippen molar-refractivity contribution in [1.82, 2.24) is 0 Å². The molecule has 1 aliphatic carbocycles. The summed E-state index contributed by atoms with van der Waals surface area (Å²) in [5.41, 5.74) is 5.55. The summed E-state index contributed by atoms with van der Waals surface area (Å²) in [6, 6.07) is 18.1. The van der Waals surface area contributed by atoms with Crippen LogP contribution in [-0.4, -0.2) is 0 Å². The molecule has 0 nitrogen and oxygen atoms in total. The number of hydrogen-bond acceptors (Lipinski definition) is 0. The molecule has 2 aromatic rings. The lowest BCUT2D eigenvalue weighted by Crippen LogP contribution is -2.11. The van der Waals surface area contributed by atoms with Crippen LogP contribution >= 0.6 is 0 Å². The average Bonchev–Trinajstić information content (AvgIpc) is 2.77. The molecule has 1 fully saturated rings. The van der Waals surface area contributed by atoms with E-state index in [1.165, 1.54) is 62.5 Å². The van der Waals surface area contributed by atoms with E-state index >= 15 is 0 Å². The molecule has 1 aliphatic rings. The monoisotopic (exact) mass is 384 g/mol. The minimum absolute atomic E-state index is 0.691. The van der Waals surface area contributed by atoms with Crippen LogP contribution in [0.15, 0.2) is 60.7 Å². The van der Waals surface area contributed by atoms with Crippen molar-refractivity contribution in [1.29, 1.82) is 0 Å². The van der Waals surface area contributed by atoms with Crippen LogP contribution in [0.2, 0.25) is 0 Å². The lowest BCUT2D eigenvalue weighted by Gasteiger charge is -2.27. The highest BCUT2D eigenvalue weighted by molar-refractivity contribution is 5.38. The first-order valence-electron chi connectivity index (χ1n) is 11.6. The van der Waals surface area contributed by atoms with Crippen LogP contribution in [0.1, 0.15) is 87.0 Å². The zero-order chi connectivity index (χ0) is 20.3. The third-order valence-corrected chi connectivity index (χ3v) is 6.20. The minimum atomic E-state index is 0.691. The number of aryl methyl sites for hydroxylation is 2. The Bertz CT molecular complexity index is 803. The van der Waals surface area contributed by atoms with Crippen LogP contribution in [0.5, 0.6) is 0 Å². The molecule has 0 heterocycles. The second-order valence-electron chi connectivity index (χ2n) is 8.53. The fraction of sp³-hybridized carbons (Fsp3) is 0.448. The molecule has 1 saturated carbocycles. The van der Waals surface area contributed by atoms with Crippen molar-refractivity contribution in [2.75, 3.05) is 0 Å². The Morgan fingerprint density at radius 2 is 1.45 bits per heavy atom. The molecule has 0 aromatic heterocycles. The van der Waals surface area contributed by atoms with E-state index < -0.39 is 0 Å². The van der Waals surface area contributed by atoms with Crippen LogP contribution < -0.4 is 0 Å². The van der Waals surface area contributed by atoms with E-state index in [-0.39, 0.29) is 0 Å². The highest BCUT2D eigenvalue weighted by Gasteiger charge is 2.20. The van der Waals surface area contributed by atoms with E-state index in [1.54, 1.807) is 5.56 Å². The SMILES string of the molecule is CCCCc1ccc([C@H]2CC[C@H](C=CC#Cc3ccc(CCC)cc3)CC2)cc1. The molecule has 0 saturated heterocycles. The maximum Gasteiger partial charge on any atom is 0.0249 e. The average molecular weight is 385 g/mol. The van der Waals surface area contributed by atoms with Gasteiger partial charge in [-0.15, -0.1) is 0 Å². The van der Waals surface area contributed by atoms with Gasteiger partial charge in [-0.25, -0.2) is 0 Å². The summed E-state index contributed by atoms with van der Waals surface area (Å²) in [6.07, 6.45) is 15.7. The van der Waals surface area contributed by atoms with Gasteiger partial charge >= 0.3 is 0 Å². The molecule has 0 amide bonds. The maximum absolute atomic E-state index is 3.27. The Kier molecular flexibility index (Phi) is 8.63. The molecular formula is C29H36. The summed E-state index contributed by atoms with van der Waals surface area (Å²) < 4.78 is 0. The van der Waals surface area contributed by atoms with Crippen LogP contribution in [0.4, 0.5) is 0 Å². The van der Waals surface area contributed by atoms with Crippen molar-refractivity contribution in [3.8, 4) is 11.8 Å². The van der Waals surface area contributed by atoms with Gasteiger partial charge in [0.1, 0.15) is 0 Å². The fourth-order valence-electron chi connectivity index (χ4n) is 4.33. The molecule has 152 valence electrons. The van der Waals surface area contributed by atoms with E-state index in [0.29, 0.717) is 5.92 Å². The molecule has 0 N–H and O–H groups in total. The van der Waals surface area contributed by atoms with Crippen LogP contribution in [0.25, 0.3) is 0 Å². The number of hydrogen-bond donors (Lipinski definition) is 0. The quantitative estimate of drug-likeness (QED) is 0.426. The highest BCUT2D eigenvalue weighted by atomic mass is 14.3. The summed E-state index contributed by atoms with van der Waals surface area (Å²) in [5, 5.41) is 0. The van der Waals surface area contributed by atoms with Gasteiger partial charge in [0.25, 0.3) is 0 Å². The Morgan fingerprint density at radius 3 is 2.10 bits per heavy atom. The van der Waals surface area contributed by atoms with E-state index in [0.717, 1.165) is 17.9 Å². The molecule has 0 bridgehead atoms. The largest absolute Gasteiger partial charge is 0.0730 e. The number of allylic oxidation sites excluding steroid dienone is 2. The highest BCUT2D eigenvalue weighted by Crippen LogP contribution is 2.36. The van der Waals surface area contributed by atoms with E-state index in [9.17, 15) is 0 Å². The van der Waals surface area contributed by atoms with Gasteiger partial charge in [-0.3, -0.25) is 0 Å². The third kappa shape index (κ3) is 6.93. The van der Waals surface area contributed by atoms with Crippen molar-refractivity contribution in [3.05, 3.63) is 82.9 Å². The standard InChI is InChI=1S/C29H36/c1-3-5-9-25-16-20-28(21-17-25)29-22-18-27(19-23-29)11-7-6-10-26-14-12-24(8-4-2)13-15-26/h7,11-17,20-21,27,29H,3-5,8-9,18-19,22-23H2,1-2H3/t27-,29-. The molecular weight excluding hydrogens is 348 g/mol. The zero-order valence-electron chi connectivity index (χ0n) is 18.3. The van der Waals surface area contributed by atoms with Crippen molar-refractivity contribution in [2.45, 2.75) is 77.6 Å². The summed E-state index contributed by atoms with van der Waals surface area (Å²) >= 11 is 0. The van der Waals surface area contributed by atoms with Gasteiger partial charge in [-0.05, 0) is 91.7 Å². The molecule has 2 aromatic carbocycles. The number of unbranched alkanes of at least 4 members (excludes halogenated alkanes) is 1. The summed E-state index contributed by atoms with van der Waals surface area (Å²) in [6.45, 7) is 4.48.